The van der Waals surface area contributed by atoms with Crippen LogP contribution < -0.4 is 5.73 Å². The number of nitrogens with zero attached hydrogens (tertiary/aromatic N) is 2. The maximum absolute atomic E-state index is 6.27. The second-order valence-electron chi connectivity index (χ2n) is 5.99. The standard InChI is InChI=1S/C17H29N3/c1-3-20-12-7-10-16(20)14-19(2)13-11-17(18)15-8-5-4-6-9-15/h4-6,8-9,16-17H,3,7,10-14,18H2,1-2H3. The molecule has 0 aromatic heterocycles. The van der Waals surface area contributed by atoms with Gasteiger partial charge in [0, 0.05) is 18.6 Å². The summed E-state index contributed by atoms with van der Waals surface area (Å²) in [6, 6.07) is 11.3. The van der Waals surface area contributed by atoms with E-state index in [4.69, 9.17) is 5.73 Å². The van der Waals surface area contributed by atoms with Gasteiger partial charge in [0.25, 0.3) is 0 Å². The van der Waals surface area contributed by atoms with E-state index in [9.17, 15) is 0 Å². The maximum atomic E-state index is 6.27. The van der Waals surface area contributed by atoms with Gasteiger partial charge in [-0.2, -0.15) is 0 Å². The van der Waals surface area contributed by atoms with E-state index in [1.807, 2.05) is 6.07 Å². The van der Waals surface area contributed by atoms with Crippen LogP contribution >= 0.6 is 0 Å². The highest BCUT2D eigenvalue weighted by atomic mass is 15.2. The monoisotopic (exact) mass is 275 g/mol. The van der Waals surface area contributed by atoms with E-state index >= 15 is 0 Å². The van der Waals surface area contributed by atoms with Crippen molar-refractivity contribution in [1.82, 2.24) is 9.80 Å². The average Bonchev–Trinajstić information content (AvgIpc) is 2.92. The van der Waals surface area contributed by atoms with Crippen molar-refractivity contribution in [3.8, 4) is 0 Å². The van der Waals surface area contributed by atoms with E-state index in [1.165, 1.54) is 38.0 Å². The first kappa shape index (κ1) is 15.5. The maximum Gasteiger partial charge on any atom is 0.0307 e. The van der Waals surface area contributed by atoms with Crippen molar-refractivity contribution >= 4 is 0 Å². The summed E-state index contributed by atoms with van der Waals surface area (Å²) in [4.78, 5) is 5.05. The zero-order valence-electron chi connectivity index (χ0n) is 13.0. The predicted octanol–water partition coefficient (Wildman–Crippen LogP) is 2.49. The highest BCUT2D eigenvalue weighted by Gasteiger charge is 2.23. The molecule has 1 aromatic rings. The third-order valence-corrected chi connectivity index (χ3v) is 4.48. The van der Waals surface area contributed by atoms with Gasteiger partial charge in [-0.1, -0.05) is 37.3 Å². The zero-order chi connectivity index (χ0) is 14.4. The molecule has 0 radical (unpaired) electrons. The number of likely N-dealkylation sites (N-methyl/N-ethyl adjacent to an activating group) is 2. The molecule has 3 heteroatoms. The summed E-state index contributed by atoms with van der Waals surface area (Å²) in [5, 5.41) is 0. The lowest BCUT2D eigenvalue weighted by Gasteiger charge is -2.28. The van der Waals surface area contributed by atoms with E-state index in [0.29, 0.717) is 0 Å². The Morgan fingerprint density at radius 3 is 2.80 bits per heavy atom. The van der Waals surface area contributed by atoms with Gasteiger partial charge in [0.1, 0.15) is 0 Å². The van der Waals surface area contributed by atoms with Crippen LogP contribution in [-0.4, -0.2) is 49.1 Å². The lowest BCUT2D eigenvalue weighted by Crippen LogP contribution is -2.39. The first-order chi connectivity index (χ1) is 9.70. The minimum absolute atomic E-state index is 0.157. The fraction of sp³-hybridized carbons (Fsp3) is 0.647. The van der Waals surface area contributed by atoms with Gasteiger partial charge in [-0.3, -0.25) is 4.90 Å². The number of nitrogens with two attached hydrogens (primary N) is 1. The summed E-state index contributed by atoms with van der Waals surface area (Å²) in [6.45, 7) is 6.98. The molecule has 1 aliphatic rings. The second kappa shape index (κ2) is 7.77. The summed E-state index contributed by atoms with van der Waals surface area (Å²) in [6.07, 6.45) is 3.73. The fourth-order valence-electron chi connectivity index (χ4n) is 3.20. The molecule has 1 heterocycles. The van der Waals surface area contributed by atoms with Gasteiger partial charge in [0.2, 0.25) is 0 Å². The van der Waals surface area contributed by atoms with Crippen LogP contribution in [0, 0.1) is 0 Å². The molecule has 0 aliphatic carbocycles. The third kappa shape index (κ3) is 4.30. The van der Waals surface area contributed by atoms with Crippen LogP contribution in [-0.2, 0) is 0 Å². The highest BCUT2D eigenvalue weighted by Crippen LogP contribution is 2.18. The normalized spacial score (nSPS) is 21.5. The largest absolute Gasteiger partial charge is 0.324 e. The Morgan fingerprint density at radius 1 is 1.35 bits per heavy atom. The van der Waals surface area contributed by atoms with Crippen molar-refractivity contribution < 1.29 is 0 Å². The predicted molar refractivity (Wildman–Crippen MR) is 85.8 cm³/mol. The Labute approximate surface area is 123 Å². The van der Waals surface area contributed by atoms with E-state index in [0.717, 1.165) is 19.0 Å². The number of benzene rings is 1. The summed E-state index contributed by atoms with van der Waals surface area (Å²) < 4.78 is 0. The van der Waals surface area contributed by atoms with E-state index < -0.39 is 0 Å². The number of rotatable bonds is 7. The first-order valence-corrected chi connectivity index (χ1v) is 7.93. The SMILES string of the molecule is CCN1CCCC1CN(C)CCC(N)c1ccccc1. The molecule has 1 saturated heterocycles. The molecule has 3 nitrogen and oxygen atoms in total. The number of likely N-dealkylation sites (tertiary alicyclic amines) is 1. The van der Waals surface area contributed by atoms with E-state index in [2.05, 4.69) is 48.0 Å². The van der Waals surface area contributed by atoms with Crippen LogP contribution in [0.1, 0.15) is 37.8 Å². The summed E-state index contributed by atoms with van der Waals surface area (Å²) in [5.41, 5.74) is 7.52. The third-order valence-electron chi connectivity index (χ3n) is 4.48. The Hall–Kier alpha value is -0.900. The minimum Gasteiger partial charge on any atom is -0.324 e. The molecule has 2 N–H and O–H groups in total. The Balaban J connectivity index is 1.73. The van der Waals surface area contributed by atoms with Gasteiger partial charge in [-0.15, -0.1) is 0 Å². The first-order valence-electron chi connectivity index (χ1n) is 7.93. The van der Waals surface area contributed by atoms with E-state index in [-0.39, 0.29) is 6.04 Å². The molecule has 0 bridgehead atoms. The molecule has 0 spiro atoms. The van der Waals surface area contributed by atoms with Crippen molar-refractivity contribution in [2.24, 2.45) is 5.73 Å². The molecule has 2 rings (SSSR count). The Morgan fingerprint density at radius 2 is 2.10 bits per heavy atom. The Bertz CT molecular complexity index is 379. The lowest BCUT2D eigenvalue weighted by atomic mass is 10.0. The molecule has 0 saturated carbocycles. The molecular weight excluding hydrogens is 246 g/mol. The smallest absolute Gasteiger partial charge is 0.0307 e. The average molecular weight is 275 g/mol. The summed E-state index contributed by atoms with van der Waals surface area (Å²) >= 11 is 0. The van der Waals surface area contributed by atoms with Crippen LogP contribution in [0.5, 0.6) is 0 Å². The van der Waals surface area contributed by atoms with Crippen molar-refractivity contribution in [2.45, 2.75) is 38.3 Å². The van der Waals surface area contributed by atoms with Crippen LogP contribution in [0.25, 0.3) is 0 Å². The molecule has 0 amide bonds. The number of hydrogen-bond acceptors (Lipinski definition) is 3. The molecule has 1 fully saturated rings. The van der Waals surface area contributed by atoms with Crippen LogP contribution in [0.3, 0.4) is 0 Å². The van der Waals surface area contributed by atoms with Crippen molar-refractivity contribution in [3.63, 3.8) is 0 Å². The van der Waals surface area contributed by atoms with E-state index in [1.54, 1.807) is 0 Å². The molecule has 112 valence electrons. The van der Waals surface area contributed by atoms with Crippen molar-refractivity contribution in [2.75, 3.05) is 33.2 Å². The quantitative estimate of drug-likeness (QED) is 0.830. The van der Waals surface area contributed by atoms with Gasteiger partial charge >= 0.3 is 0 Å². The van der Waals surface area contributed by atoms with Gasteiger partial charge in [-0.05, 0) is 51.5 Å². The highest BCUT2D eigenvalue weighted by molar-refractivity contribution is 5.18. The summed E-state index contributed by atoms with van der Waals surface area (Å²) in [5.74, 6) is 0. The minimum atomic E-state index is 0.157. The molecular formula is C17H29N3. The molecule has 2 unspecified atom stereocenters. The zero-order valence-corrected chi connectivity index (χ0v) is 13.0. The topological polar surface area (TPSA) is 32.5 Å². The molecule has 1 aliphatic heterocycles. The van der Waals surface area contributed by atoms with Gasteiger partial charge in [-0.25, -0.2) is 0 Å². The second-order valence-corrected chi connectivity index (χ2v) is 5.99. The molecule has 1 aromatic carbocycles. The molecule has 20 heavy (non-hydrogen) atoms. The number of hydrogen-bond donors (Lipinski definition) is 1. The summed E-state index contributed by atoms with van der Waals surface area (Å²) in [7, 11) is 2.23. The fourth-order valence-corrected chi connectivity index (χ4v) is 3.20. The van der Waals surface area contributed by atoms with Crippen LogP contribution in [0.4, 0.5) is 0 Å². The van der Waals surface area contributed by atoms with Crippen molar-refractivity contribution in [3.05, 3.63) is 35.9 Å². The molecule has 2 atom stereocenters. The van der Waals surface area contributed by atoms with Gasteiger partial charge in [0.15, 0.2) is 0 Å². The van der Waals surface area contributed by atoms with Crippen LogP contribution in [0.15, 0.2) is 30.3 Å². The van der Waals surface area contributed by atoms with Gasteiger partial charge in [0.05, 0.1) is 0 Å². The Kier molecular flexibility index (Phi) is 6.02. The lowest BCUT2D eigenvalue weighted by molar-refractivity contribution is 0.195. The van der Waals surface area contributed by atoms with Crippen molar-refractivity contribution in [1.29, 1.82) is 0 Å². The van der Waals surface area contributed by atoms with Crippen LogP contribution in [0.2, 0.25) is 0 Å². The van der Waals surface area contributed by atoms with Gasteiger partial charge < -0.3 is 10.6 Å².